The van der Waals surface area contributed by atoms with Gasteiger partial charge in [-0.2, -0.15) is 5.26 Å². The first kappa shape index (κ1) is 11.4. The van der Waals surface area contributed by atoms with Crippen LogP contribution in [0.5, 0.6) is 5.75 Å². The summed E-state index contributed by atoms with van der Waals surface area (Å²) in [6, 6.07) is 5.52. The van der Waals surface area contributed by atoms with Crippen molar-refractivity contribution >= 4 is 27.5 Å². The van der Waals surface area contributed by atoms with E-state index in [1.165, 1.54) is 0 Å². The van der Waals surface area contributed by atoms with Crippen LogP contribution in [0, 0.1) is 11.3 Å². The first-order valence-corrected chi connectivity index (χ1v) is 5.16. The van der Waals surface area contributed by atoms with Crippen LogP contribution in [0.15, 0.2) is 16.6 Å². The Morgan fingerprint density at radius 1 is 1.50 bits per heavy atom. The Hall–Kier alpha value is -0.720. The van der Waals surface area contributed by atoms with Crippen LogP contribution in [-0.4, -0.2) is 5.11 Å². The highest BCUT2D eigenvalue weighted by atomic mass is 79.9. The molecule has 0 unspecified atom stereocenters. The topological polar surface area (TPSA) is 44.0 Å². The fourth-order valence-corrected chi connectivity index (χ4v) is 1.59. The van der Waals surface area contributed by atoms with Crippen LogP contribution in [0.4, 0.5) is 0 Å². The Bertz CT molecular complexity index is 409. The lowest BCUT2D eigenvalue weighted by atomic mass is 9.86. The first-order chi connectivity index (χ1) is 6.40. The minimum absolute atomic E-state index is 0.0346. The Kier molecular flexibility index (Phi) is 3.08. The fraction of sp³-hybridized carbons (Fsp3) is 0.300. The summed E-state index contributed by atoms with van der Waals surface area (Å²) in [6.07, 6.45) is 0. The average Bonchev–Trinajstić information content (AvgIpc) is 2.14. The van der Waals surface area contributed by atoms with E-state index in [2.05, 4.69) is 22.0 Å². The molecule has 0 aliphatic rings. The molecule has 0 fully saturated rings. The van der Waals surface area contributed by atoms with Gasteiger partial charge in [0.25, 0.3) is 0 Å². The maximum atomic E-state index is 9.73. The molecule has 1 aromatic rings. The summed E-state index contributed by atoms with van der Waals surface area (Å²) in [5.41, 5.74) is -0.206. The van der Waals surface area contributed by atoms with Gasteiger partial charge in [0.15, 0.2) is 0 Å². The zero-order chi connectivity index (χ0) is 10.9. The summed E-state index contributed by atoms with van der Waals surface area (Å²) >= 11 is 9.03. The summed E-state index contributed by atoms with van der Waals surface area (Å²) in [7, 11) is 0. The van der Waals surface area contributed by atoms with Gasteiger partial charge in [-0.05, 0) is 35.8 Å². The van der Waals surface area contributed by atoms with Crippen molar-refractivity contribution in [1.82, 2.24) is 0 Å². The SMILES string of the molecule is CC(C)(C#N)c1ccc(Br)c(Cl)c1O. The maximum Gasteiger partial charge on any atom is 0.140 e. The number of phenols is 1. The van der Waals surface area contributed by atoms with Crippen molar-refractivity contribution in [2.45, 2.75) is 19.3 Å². The van der Waals surface area contributed by atoms with Gasteiger partial charge in [0.05, 0.1) is 16.5 Å². The number of nitriles is 1. The zero-order valence-corrected chi connectivity index (χ0v) is 10.1. The molecule has 1 rings (SSSR count). The molecule has 0 aliphatic carbocycles. The number of phenolic OH excluding ortho intramolecular Hbond substituents is 1. The molecule has 74 valence electrons. The minimum atomic E-state index is -0.742. The van der Waals surface area contributed by atoms with Gasteiger partial charge in [0.2, 0.25) is 0 Å². The molecule has 0 aromatic heterocycles. The van der Waals surface area contributed by atoms with E-state index in [-0.39, 0.29) is 10.8 Å². The van der Waals surface area contributed by atoms with Gasteiger partial charge in [0, 0.05) is 10.0 Å². The van der Waals surface area contributed by atoms with Crippen molar-refractivity contribution < 1.29 is 5.11 Å². The number of benzene rings is 1. The smallest absolute Gasteiger partial charge is 0.140 e. The van der Waals surface area contributed by atoms with Gasteiger partial charge >= 0.3 is 0 Å². The number of hydrogen-bond acceptors (Lipinski definition) is 2. The Balaban J connectivity index is 3.41. The molecule has 14 heavy (non-hydrogen) atoms. The number of halogens is 2. The first-order valence-electron chi connectivity index (χ1n) is 3.99. The minimum Gasteiger partial charge on any atom is -0.506 e. The van der Waals surface area contributed by atoms with Gasteiger partial charge in [-0.3, -0.25) is 0 Å². The highest BCUT2D eigenvalue weighted by molar-refractivity contribution is 9.10. The molecule has 0 saturated heterocycles. The van der Waals surface area contributed by atoms with E-state index in [0.717, 1.165) is 0 Å². The largest absolute Gasteiger partial charge is 0.506 e. The lowest BCUT2D eigenvalue weighted by Gasteiger charge is -2.18. The molecule has 0 spiro atoms. The van der Waals surface area contributed by atoms with Crippen molar-refractivity contribution in [3.63, 3.8) is 0 Å². The maximum absolute atomic E-state index is 9.73. The Morgan fingerprint density at radius 3 is 2.57 bits per heavy atom. The normalized spacial score (nSPS) is 11.1. The third-order valence-electron chi connectivity index (χ3n) is 2.02. The molecule has 0 aliphatic heterocycles. The summed E-state index contributed by atoms with van der Waals surface area (Å²) < 4.78 is 0.620. The van der Waals surface area contributed by atoms with E-state index in [1.807, 2.05) is 0 Å². The molecular weight excluding hydrogens is 265 g/mol. The van der Waals surface area contributed by atoms with Gasteiger partial charge in [0.1, 0.15) is 5.75 Å². The molecular formula is C10H9BrClNO. The third-order valence-corrected chi connectivity index (χ3v) is 3.29. The molecule has 0 amide bonds. The van der Waals surface area contributed by atoms with Crippen molar-refractivity contribution in [3.8, 4) is 11.8 Å². The van der Waals surface area contributed by atoms with Crippen molar-refractivity contribution in [1.29, 1.82) is 5.26 Å². The molecule has 2 nitrogen and oxygen atoms in total. The van der Waals surface area contributed by atoms with Gasteiger partial charge < -0.3 is 5.11 Å². The van der Waals surface area contributed by atoms with E-state index >= 15 is 0 Å². The second-order valence-corrected chi connectivity index (χ2v) is 4.73. The highest BCUT2D eigenvalue weighted by Crippen LogP contribution is 2.39. The number of rotatable bonds is 1. The Labute approximate surface area is 96.2 Å². The summed E-state index contributed by atoms with van der Waals surface area (Å²) in [6.45, 7) is 3.46. The molecule has 0 atom stereocenters. The van der Waals surface area contributed by atoms with Crippen LogP contribution < -0.4 is 0 Å². The summed E-state index contributed by atoms with van der Waals surface area (Å²) in [4.78, 5) is 0. The molecule has 1 N–H and O–H groups in total. The molecule has 1 aromatic carbocycles. The summed E-state index contributed by atoms with van der Waals surface area (Å²) in [5, 5.41) is 18.9. The van der Waals surface area contributed by atoms with Gasteiger partial charge in [-0.15, -0.1) is 0 Å². The molecule has 0 radical (unpaired) electrons. The standard InChI is InChI=1S/C10H9BrClNO/c1-10(2,5-13)6-3-4-7(11)8(12)9(6)14/h3-4,14H,1-2H3. The summed E-state index contributed by atoms with van der Waals surface area (Å²) in [5.74, 6) is -0.0346. The Morgan fingerprint density at radius 2 is 2.07 bits per heavy atom. The predicted molar refractivity (Wildman–Crippen MR) is 59.5 cm³/mol. The highest BCUT2D eigenvalue weighted by Gasteiger charge is 2.25. The second kappa shape index (κ2) is 3.80. The quantitative estimate of drug-likeness (QED) is 0.850. The van der Waals surface area contributed by atoms with E-state index in [0.29, 0.717) is 10.0 Å². The fourth-order valence-electron chi connectivity index (χ4n) is 1.10. The van der Waals surface area contributed by atoms with Crippen molar-refractivity contribution in [2.75, 3.05) is 0 Å². The average molecular weight is 275 g/mol. The molecule has 4 heteroatoms. The molecule has 0 heterocycles. The molecule has 0 bridgehead atoms. The van der Waals surface area contributed by atoms with Crippen LogP contribution in [0.2, 0.25) is 5.02 Å². The number of nitrogens with zero attached hydrogens (tertiary/aromatic N) is 1. The number of aromatic hydroxyl groups is 1. The third kappa shape index (κ3) is 1.87. The van der Waals surface area contributed by atoms with E-state index in [4.69, 9.17) is 16.9 Å². The van der Waals surface area contributed by atoms with E-state index in [1.54, 1.807) is 26.0 Å². The second-order valence-electron chi connectivity index (χ2n) is 3.49. The lowest BCUT2D eigenvalue weighted by molar-refractivity contribution is 0.456. The van der Waals surface area contributed by atoms with Crippen molar-refractivity contribution in [2.24, 2.45) is 0 Å². The predicted octanol–water partition coefficient (Wildman–Crippen LogP) is 3.61. The van der Waals surface area contributed by atoms with E-state index in [9.17, 15) is 5.11 Å². The van der Waals surface area contributed by atoms with Crippen LogP contribution in [0.1, 0.15) is 19.4 Å². The van der Waals surface area contributed by atoms with E-state index < -0.39 is 5.41 Å². The van der Waals surface area contributed by atoms with Crippen LogP contribution in [0.25, 0.3) is 0 Å². The van der Waals surface area contributed by atoms with Gasteiger partial charge in [-0.1, -0.05) is 17.7 Å². The lowest BCUT2D eigenvalue weighted by Crippen LogP contribution is -2.14. The molecule has 0 saturated carbocycles. The number of hydrogen-bond donors (Lipinski definition) is 1. The monoisotopic (exact) mass is 273 g/mol. The van der Waals surface area contributed by atoms with Gasteiger partial charge in [-0.25, -0.2) is 0 Å². The zero-order valence-electron chi connectivity index (χ0n) is 7.81. The van der Waals surface area contributed by atoms with Crippen LogP contribution >= 0.6 is 27.5 Å². The van der Waals surface area contributed by atoms with Crippen LogP contribution in [-0.2, 0) is 5.41 Å². The van der Waals surface area contributed by atoms with Crippen LogP contribution in [0.3, 0.4) is 0 Å². The van der Waals surface area contributed by atoms with Crippen molar-refractivity contribution in [3.05, 3.63) is 27.2 Å².